The van der Waals surface area contributed by atoms with Gasteiger partial charge >= 0.3 is 0 Å². The number of hydrogen-bond donors (Lipinski definition) is 1. The average Bonchev–Trinajstić information content (AvgIpc) is 3.20. The van der Waals surface area contributed by atoms with Crippen LogP contribution in [0.2, 0.25) is 0 Å². The van der Waals surface area contributed by atoms with Crippen molar-refractivity contribution in [2.24, 2.45) is 0 Å². The van der Waals surface area contributed by atoms with Crippen molar-refractivity contribution in [2.45, 2.75) is 13.5 Å². The minimum absolute atomic E-state index is 0.180. The van der Waals surface area contributed by atoms with Gasteiger partial charge in [-0.3, -0.25) is 19.3 Å². The van der Waals surface area contributed by atoms with E-state index in [1.54, 1.807) is 54.6 Å². The molecule has 0 aromatic heterocycles. The first-order chi connectivity index (χ1) is 19.4. The fourth-order valence-corrected chi connectivity index (χ4v) is 4.83. The third-order valence-corrected chi connectivity index (χ3v) is 6.78. The molecule has 1 saturated heterocycles. The SMILES string of the molecule is CCOc1cc(/C=C2\SC(=O)N(CC(=O)Nc3ccc4c(c3)OCCO4)C2=O)ccc1OCc1ccc(F)cc1. The van der Waals surface area contributed by atoms with Crippen LogP contribution in [0.3, 0.4) is 0 Å². The van der Waals surface area contributed by atoms with Gasteiger partial charge in [0, 0.05) is 11.8 Å². The van der Waals surface area contributed by atoms with E-state index in [2.05, 4.69) is 5.32 Å². The summed E-state index contributed by atoms with van der Waals surface area (Å²) in [6, 6.07) is 16.1. The summed E-state index contributed by atoms with van der Waals surface area (Å²) in [5, 5.41) is 2.14. The van der Waals surface area contributed by atoms with Crippen LogP contribution in [-0.4, -0.2) is 48.3 Å². The normalized spacial score (nSPS) is 15.3. The van der Waals surface area contributed by atoms with Crippen molar-refractivity contribution in [2.75, 3.05) is 31.7 Å². The van der Waals surface area contributed by atoms with Gasteiger partial charge in [0.15, 0.2) is 23.0 Å². The molecule has 206 valence electrons. The van der Waals surface area contributed by atoms with E-state index >= 15 is 0 Å². The van der Waals surface area contributed by atoms with Crippen LogP contribution in [0.15, 0.2) is 65.6 Å². The lowest BCUT2D eigenvalue weighted by Crippen LogP contribution is -2.36. The van der Waals surface area contributed by atoms with Crippen LogP contribution in [0.25, 0.3) is 6.08 Å². The molecule has 1 N–H and O–H groups in total. The summed E-state index contributed by atoms with van der Waals surface area (Å²) >= 11 is 0.755. The number of imide groups is 1. The molecular weight excluding hydrogens is 539 g/mol. The van der Waals surface area contributed by atoms with Crippen molar-refractivity contribution in [1.29, 1.82) is 0 Å². The van der Waals surface area contributed by atoms with E-state index in [4.69, 9.17) is 18.9 Å². The van der Waals surface area contributed by atoms with Gasteiger partial charge in [0.05, 0.1) is 11.5 Å². The highest BCUT2D eigenvalue weighted by Crippen LogP contribution is 2.36. The Labute approximate surface area is 233 Å². The molecule has 3 aromatic rings. The molecule has 0 spiro atoms. The number of benzene rings is 3. The number of nitrogens with zero attached hydrogens (tertiary/aromatic N) is 1. The van der Waals surface area contributed by atoms with Crippen molar-refractivity contribution in [3.05, 3.63) is 82.5 Å². The van der Waals surface area contributed by atoms with Crippen molar-refractivity contribution >= 4 is 40.6 Å². The molecule has 5 rings (SSSR count). The van der Waals surface area contributed by atoms with Gasteiger partial charge in [0.25, 0.3) is 11.1 Å². The molecule has 0 saturated carbocycles. The first kappa shape index (κ1) is 27.1. The van der Waals surface area contributed by atoms with Crippen LogP contribution in [0.1, 0.15) is 18.1 Å². The summed E-state index contributed by atoms with van der Waals surface area (Å²) < 4.78 is 35.7. The predicted molar refractivity (Wildman–Crippen MR) is 147 cm³/mol. The molecule has 9 nitrogen and oxygen atoms in total. The van der Waals surface area contributed by atoms with Crippen LogP contribution in [0, 0.1) is 5.82 Å². The highest BCUT2D eigenvalue weighted by Gasteiger charge is 2.36. The maximum atomic E-state index is 13.2. The standard InChI is InChI=1S/C29H25FN2O7S/c1-2-36-24-13-19(5-9-23(24)39-17-18-3-6-20(30)7-4-18)14-26-28(34)32(29(35)40-26)16-27(33)31-21-8-10-22-25(15-21)38-12-11-37-22/h3-10,13-15H,2,11-12,16-17H2,1H3,(H,31,33)/b26-14-. The Morgan fingerprint density at radius 2 is 1.77 bits per heavy atom. The number of halogens is 1. The first-order valence-electron chi connectivity index (χ1n) is 12.5. The number of amides is 3. The molecule has 3 amide bonds. The second-order valence-electron chi connectivity index (χ2n) is 8.73. The van der Waals surface area contributed by atoms with Gasteiger partial charge in [-0.05, 0) is 72.3 Å². The van der Waals surface area contributed by atoms with Gasteiger partial charge in [0.1, 0.15) is 32.2 Å². The Bertz CT molecular complexity index is 1480. The molecule has 2 aliphatic rings. The van der Waals surface area contributed by atoms with E-state index in [-0.39, 0.29) is 17.3 Å². The number of carbonyl (C=O) groups is 3. The Morgan fingerprint density at radius 1 is 1.00 bits per heavy atom. The van der Waals surface area contributed by atoms with E-state index in [1.807, 2.05) is 6.92 Å². The van der Waals surface area contributed by atoms with Crippen LogP contribution in [0.4, 0.5) is 14.9 Å². The van der Waals surface area contributed by atoms with Crippen LogP contribution >= 0.6 is 11.8 Å². The third kappa shape index (κ3) is 6.37. The summed E-state index contributed by atoms with van der Waals surface area (Å²) in [4.78, 5) is 39.2. The monoisotopic (exact) mass is 564 g/mol. The summed E-state index contributed by atoms with van der Waals surface area (Å²) in [6.07, 6.45) is 1.57. The fourth-order valence-electron chi connectivity index (χ4n) is 4.00. The number of fused-ring (bicyclic) bond motifs is 1. The Morgan fingerprint density at radius 3 is 2.55 bits per heavy atom. The summed E-state index contributed by atoms with van der Waals surface area (Å²) in [5.74, 6) is 0.608. The van der Waals surface area contributed by atoms with Gasteiger partial charge in [-0.15, -0.1) is 0 Å². The maximum Gasteiger partial charge on any atom is 0.294 e. The Hall–Kier alpha value is -4.51. The number of thioether (sulfide) groups is 1. The molecule has 2 aliphatic heterocycles. The molecule has 2 heterocycles. The van der Waals surface area contributed by atoms with Gasteiger partial charge in [-0.2, -0.15) is 0 Å². The van der Waals surface area contributed by atoms with E-state index in [9.17, 15) is 18.8 Å². The molecular formula is C29H25FN2O7S. The molecule has 0 bridgehead atoms. The number of hydrogen-bond acceptors (Lipinski definition) is 8. The zero-order chi connectivity index (χ0) is 28.1. The molecule has 3 aromatic carbocycles. The Balaban J connectivity index is 1.24. The van der Waals surface area contributed by atoms with Crippen molar-refractivity contribution in [3.63, 3.8) is 0 Å². The van der Waals surface area contributed by atoms with E-state index in [1.165, 1.54) is 12.1 Å². The fraction of sp³-hybridized carbons (Fsp3) is 0.207. The molecule has 0 aliphatic carbocycles. The average molecular weight is 565 g/mol. The lowest BCUT2D eigenvalue weighted by Gasteiger charge is -2.19. The maximum absolute atomic E-state index is 13.2. The summed E-state index contributed by atoms with van der Waals surface area (Å²) in [7, 11) is 0. The molecule has 0 atom stereocenters. The largest absolute Gasteiger partial charge is 0.490 e. The molecule has 0 radical (unpaired) electrons. The highest BCUT2D eigenvalue weighted by atomic mass is 32.2. The number of ether oxygens (including phenoxy) is 4. The van der Waals surface area contributed by atoms with Crippen molar-refractivity contribution < 1.29 is 37.7 Å². The molecule has 1 fully saturated rings. The predicted octanol–water partition coefficient (Wildman–Crippen LogP) is 5.25. The van der Waals surface area contributed by atoms with Crippen LogP contribution in [0.5, 0.6) is 23.0 Å². The van der Waals surface area contributed by atoms with Gasteiger partial charge in [0.2, 0.25) is 5.91 Å². The van der Waals surface area contributed by atoms with Gasteiger partial charge in [-0.25, -0.2) is 4.39 Å². The lowest BCUT2D eigenvalue weighted by molar-refractivity contribution is -0.127. The van der Waals surface area contributed by atoms with Gasteiger partial charge < -0.3 is 24.3 Å². The van der Waals surface area contributed by atoms with Crippen LogP contribution in [-0.2, 0) is 16.2 Å². The minimum Gasteiger partial charge on any atom is -0.490 e. The Kier molecular flexibility index (Phi) is 8.20. The first-order valence-corrected chi connectivity index (χ1v) is 13.3. The van der Waals surface area contributed by atoms with Crippen LogP contribution < -0.4 is 24.3 Å². The van der Waals surface area contributed by atoms with Crippen molar-refractivity contribution in [1.82, 2.24) is 4.90 Å². The number of carbonyl (C=O) groups excluding carboxylic acids is 3. The zero-order valence-corrected chi connectivity index (χ0v) is 22.3. The molecule has 11 heteroatoms. The van der Waals surface area contributed by atoms with Crippen molar-refractivity contribution in [3.8, 4) is 23.0 Å². The van der Waals surface area contributed by atoms with E-state index in [0.717, 1.165) is 22.2 Å². The quantitative estimate of drug-likeness (QED) is 0.352. The number of rotatable bonds is 9. The third-order valence-electron chi connectivity index (χ3n) is 5.87. The number of anilines is 1. The van der Waals surface area contributed by atoms with Gasteiger partial charge in [-0.1, -0.05) is 18.2 Å². The minimum atomic E-state index is -0.568. The number of nitrogens with one attached hydrogen (secondary N) is 1. The smallest absolute Gasteiger partial charge is 0.294 e. The molecule has 0 unspecified atom stereocenters. The zero-order valence-electron chi connectivity index (χ0n) is 21.5. The lowest BCUT2D eigenvalue weighted by atomic mass is 10.1. The second-order valence-corrected chi connectivity index (χ2v) is 9.72. The topological polar surface area (TPSA) is 103 Å². The molecule has 40 heavy (non-hydrogen) atoms. The second kappa shape index (κ2) is 12.1. The highest BCUT2D eigenvalue weighted by molar-refractivity contribution is 8.18. The summed E-state index contributed by atoms with van der Waals surface area (Å²) in [6.45, 7) is 2.85. The van der Waals surface area contributed by atoms with E-state index in [0.29, 0.717) is 54.1 Å². The summed E-state index contributed by atoms with van der Waals surface area (Å²) in [5.41, 5.74) is 1.87. The van der Waals surface area contributed by atoms with E-state index < -0.39 is 23.6 Å².